The van der Waals surface area contributed by atoms with Crippen LogP contribution in [0, 0.1) is 0 Å². The molecule has 0 saturated heterocycles. The zero-order valence-electron chi connectivity index (χ0n) is 22.0. The van der Waals surface area contributed by atoms with Crippen molar-refractivity contribution in [2.24, 2.45) is 0 Å². The average molecular weight is 532 g/mol. The van der Waals surface area contributed by atoms with Crippen molar-refractivity contribution in [3.63, 3.8) is 0 Å². The summed E-state index contributed by atoms with van der Waals surface area (Å²) in [5, 5.41) is 1.60. The van der Waals surface area contributed by atoms with Crippen LogP contribution in [0.3, 0.4) is 0 Å². The third-order valence-electron chi connectivity index (χ3n) is 6.57. The van der Waals surface area contributed by atoms with Gasteiger partial charge in [0, 0.05) is 46.2 Å². The fourth-order valence-electron chi connectivity index (χ4n) is 4.60. The second-order valence-electron chi connectivity index (χ2n) is 9.32. The van der Waals surface area contributed by atoms with E-state index in [9.17, 15) is 9.59 Å². The Bertz CT molecular complexity index is 1360. The number of benzene rings is 3. The molecule has 0 spiro atoms. The smallest absolute Gasteiger partial charge is 0.305 e. The molecule has 0 bridgehead atoms. The summed E-state index contributed by atoms with van der Waals surface area (Å²) < 4.78 is 13.4. The van der Waals surface area contributed by atoms with Crippen LogP contribution in [0.2, 0.25) is 5.02 Å². The van der Waals surface area contributed by atoms with Crippen LogP contribution in [-0.2, 0) is 16.1 Å². The van der Waals surface area contributed by atoms with Gasteiger partial charge in [0.15, 0.2) is 5.78 Å². The van der Waals surface area contributed by atoms with E-state index in [0.717, 1.165) is 41.5 Å². The molecular weight excluding hydrogens is 498 g/mol. The third-order valence-corrected chi connectivity index (χ3v) is 6.83. The molecule has 4 rings (SSSR count). The lowest BCUT2D eigenvalue weighted by molar-refractivity contribution is -0.143. The van der Waals surface area contributed by atoms with Gasteiger partial charge in [-0.25, -0.2) is 0 Å². The van der Waals surface area contributed by atoms with Crippen LogP contribution in [0.1, 0.15) is 73.5 Å². The molecular formula is C32H34ClNO4. The van der Waals surface area contributed by atoms with Crippen LogP contribution < -0.4 is 4.74 Å². The Morgan fingerprint density at radius 1 is 0.921 bits per heavy atom. The lowest BCUT2D eigenvalue weighted by Gasteiger charge is -2.20. The van der Waals surface area contributed by atoms with Crippen molar-refractivity contribution in [3.05, 3.63) is 101 Å². The van der Waals surface area contributed by atoms with E-state index in [4.69, 9.17) is 21.1 Å². The first-order valence-corrected chi connectivity index (χ1v) is 13.7. The predicted octanol–water partition coefficient (Wildman–Crippen LogP) is 8.18. The minimum absolute atomic E-state index is 0.0443. The zero-order chi connectivity index (χ0) is 26.9. The number of aromatic nitrogens is 1. The summed E-state index contributed by atoms with van der Waals surface area (Å²) in [5.41, 5.74) is 3.30. The molecule has 6 heteroatoms. The second kappa shape index (κ2) is 13.3. The van der Waals surface area contributed by atoms with E-state index in [2.05, 4.69) is 6.92 Å². The predicted molar refractivity (Wildman–Crippen MR) is 152 cm³/mol. The van der Waals surface area contributed by atoms with Crippen molar-refractivity contribution in [1.82, 2.24) is 4.57 Å². The maximum atomic E-state index is 13.5. The normalized spacial score (nSPS) is 11.9. The number of esters is 1. The third kappa shape index (κ3) is 6.84. The maximum absolute atomic E-state index is 13.5. The molecule has 0 fully saturated rings. The average Bonchev–Trinajstić information content (AvgIpc) is 3.30. The van der Waals surface area contributed by atoms with Crippen LogP contribution in [0.25, 0.3) is 10.9 Å². The lowest BCUT2D eigenvalue weighted by atomic mass is 10.0. The Balaban J connectivity index is 1.50. The van der Waals surface area contributed by atoms with Gasteiger partial charge in [-0.3, -0.25) is 9.59 Å². The number of ether oxygens (including phenoxy) is 2. The standard InChI is InChI=1S/C32H34ClNO4/c1-3-5-11-30(23-13-17-25(33)18-14-23)38-26-19-15-24(16-20-26)32(36)28-22-34(21-8-12-31(35)37-4-2)29-10-7-6-9-27(28)29/h6-7,9-10,13-20,22,30H,3-5,8,11-12,21H2,1-2H3. The molecule has 3 aromatic carbocycles. The molecule has 0 radical (unpaired) electrons. The summed E-state index contributed by atoms with van der Waals surface area (Å²) in [6, 6.07) is 23.0. The molecule has 1 atom stereocenters. The number of ketones is 1. The Labute approximate surface area is 229 Å². The Hall–Kier alpha value is -3.57. The number of unbranched alkanes of at least 4 members (excludes halogenated alkanes) is 1. The minimum Gasteiger partial charge on any atom is -0.486 e. The Kier molecular flexibility index (Phi) is 9.61. The van der Waals surface area contributed by atoms with Gasteiger partial charge in [0.25, 0.3) is 0 Å². The summed E-state index contributed by atoms with van der Waals surface area (Å²) >= 11 is 6.07. The highest BCUT2D eigenvalue weighted by Crippen LogP contribution is 2.29. The molecule has 4 aromatic rings. The zero-order valence-corrected chi connectivity index (χ0v) is 22.7. The molecule has 1 aromatic heterocycles. The van der Waals surface area contributed by atoms with Crippen molar-refractivity contribution < 1.29 is 19.1 Å². The fourth-order valence-corrected chi connectivity index (χ4v) is 4.73. The van der Waals surface area contributed by atoms with Crippen molar-refractivity contribution in [3.8, 4) is 5.75 Å². The number of hydrogen-bond acceptors (Lipinski definition) is 4. The number of para-hydroxylation sites is 1. The molecule has 0 aliphatic carbocycles. The van der Waals surface area contributed by atoms with Gasteiger partial charge in [0.05, 0.1) is 6.61 Å². The molecule has 0 N–H and O–H groups in total. The van der Waals surface area contributed by atoms with Crippen molar-refractivity contribution in [2.45, 2.75) is 58.6 Å². The Morgan fingerprint density at radius 3 is 2.37 bits per heavy atom. The molecule has 38 heavy (non-hydrogen) atoms. The molecule has 198 valence electrons. The molecule has 5 nitrogen and oxygen atoms in total. The molecule has 1 heterocycles. The van der Waals surface area contributed by atoms with Gasteiger partial charge in [-0.15, -0.1) is 0 Å². The number of fused-ring (bicyclic) bond motifs is 1. The number of aryl methyl sites for hydroxylation is 1. The van der Waals surface area contributed by atoms with Gasteiger partial charge in [-0.1, -0.05) is 55.3 Å². The summed E-state index contributed by atoms with van der Waals surface area (Å²) in [6.07, 6.45) is 5.83. The number of rotatable bonds is 13. The first kappa shape index (κ1) is 27.5. The van der Waals surface area contributed by atoms with Gasteiger partial charge >= 0.3 is 5.97 Å². The van der Waals surface area contributed by atoms with E-state index in [1.54, 1.807) is 6.92 Å². The van der Waals surface area contributed by atoms with Crippen LogP contribution in [-0.4, -0.2) is 22.9 Å². The summed E-state index contributed by atoms with van der Waals surface area (Å²) in [5.74, 6) is 0.478. The van der Waals surface area contributed by atoms with Gasteiger partial charge in [0.2, 0.25) is 0 Å². The highest BCUT2D eigenvalue weighted by molar-refractivity contribution is 6.30. The Morgan fingerprint density at radius 2 is 1.66 bits per heavy atom. The first-order chi connectivity index (χ1) is 18.5. The number of carbonyl (C=O) groups excluding carboxylic acids is 2. The number of halogens is 1. The van der Waals surface area contributed by atoms with Crippen molar-refractivity contribution in [1.29, 1.82) is 0 Å². The van der Waals surface area contributed by atoms with Crippen LogP contribution in [0.5, 0.6) is 5.75 Å². The maximum Gasteiger partial charge on any atom is 0.305 e. The van der Waals surface area contributed by atoms with Crippen molar-refractivity contribution >= 4 is 34.3 Å². The topological polar surface area (TPSA) is 57.5 Å². The summed E-state index contributed by atoms with van der Waals surface area (Å²) in [4.78, 5) is 25.3. The molecule has 0 saturated carbocycles. The second-order valence-corrected chi connectivity index (χ2v) is 9.75. The highest BCUT2D eigenvalue weighted by atomic mass is 35.5. The summed E-state index contributed by atoms with van der Waals surface area (Å²) in [7, 11) is 0. The van der Waals surface area contributed by atoms with Crippen LogP contribution >= 0.6 is 11.6 Å². The largest absolute Gasteiger partial charge is 0.486 e. The minimum atomic E-state index is -0.199. The quantitative estimate of drug-likeness (QED) is 0.129. The van der Waals surface area contributed by atoms with E-state index < -0.39 is 0 Å². The number of nitrogens with zero attached hydrogens (tertiary/aromatic N) is 1. The van der Waals surface area contributed by atoms with E-state index in [-0.39, 0.29) is 17.9 Å². The molecule has 0 aliphatic heterocycles. The van der Waals surface area contributed by atoms with Gasteiger partial charge < -0.3 is 14.0 Å². The van der Waals surface area contributed by atoms with E-state index in [1.807, 2.05) is 83.6 Å². The summed E-state index contributed by atoms with van der Waals surface area (Å²) in [6.45, 7) is 4.98. The first-order valence-electron chi connectivity index (χ1n) is 13.3. The SMILES string of the molecule is CCCCC(Oc1ccc(C(=O)c2cn(CCCC(=O)OCC)c3ccccc23)cc1)c1ccc(Cl)cc1. The number of hydrogen-bond donors (Lipinski definition) is 0. The van der Waals surface area contributed by atoms with E-state index >= 15 is 0 Å². The molecule has 1 unspecified atom stereocenters. The molecule has 0 amide bonds. The van der Waals surface area contributed by atoms with Crippen molar-refractivity contribution in [2.75, 3.05) is 6.61 Å². The highest BCUT2D eigenvalue weighted by Gasteiger charge is 2.18. The monoisotopic (exact) mass is 531 g/mol. The van der Waals surface area contributed by atoms with Crippen LogP contribution in [0.4, 0.5) is 0 Å². The van der Waals surface area contributed by atoms with Gasteiger partial charge in [-0.2, -0.15) is 0 Å². The van der Waals surface area contributed by atoms with E-state index in [1.165, 1.54) is 0 Å². The molecule has 0 aliphatic rings. The fraction of sp³-hybridized carbons (Fsp3) is 0.312. The van der Waals surface area contributed by atoms with Gasteiger partial charge in [0.1, 0.15) is 11.9 Å². The van der Waals surface area contributed by atoms with Crippen LogP contribution in [0.15, 0.2) is 79.0 Å². The lowest BCUT2D eigenvalue weighted by Crippen LogP contribution is -2.08. The van der Waals surface area contributed by atoms with E-state index in [0.29, 0.717) is 42.1 Å². The van der Waals surface area contributed by atoms with Gasteiger partial charge in [-0.05, 0) is 74.2 Å². The number of carbonyl (C=O) groups is 2.